The first-order chi connectivity index (χ1) is 22.3. The van der Waals surface area contributed by atoms with E-state index < -0.39 is 5.88 Å². The average molecular weight is 593 g/mol. The molecule has 2 aliphatic heterocycles. The molecule has 0 N–H and O–H groups in total. The Labute approximate surface area is 256 Å². The molecule has 0 unspecified atom stereocenters. The van der Waals surface area contributed by atoms with Gasteiger partial charge in [-0.15, -0.1) is 0 Å². The lowest BCUT2D eigenvalue weighted by molar-refractivity contribution is 0.590. The van der Waals surface area contributed by atoms with E-state index in [-0.39, 0.29) is 73.9 Å². The van der Waals surface area contributed by atoms with Gasteiger partial charge in [-0.2, -0.15) is 25.9 Å². The van der Waals surface area contributed by atoms with Crippen LogP contribution in [0, 0.1) is 72.0 Å². The second-order valence-corrected chi connectivity index (χ2v) is 9.09. The fourth-order valence-corrected chi connectivity index (χ4v) is 4.28. The third-order valence-electron chi connectivity index (χ3n) is 6.42. The minimum atomic E-state index is -0.430. The molecule has 16 heteroatoms. The van der Waals surface area contributed by atoms with Gasteiger partial charge in [-0.1, -0.05) is 0 Å². The maximum Gasteiger partial charge on any atom is 0.383 e. The summed E-state index contributed by atoms with van der Waals surface area (Å²) >= 11 is 0. The van der Waals surface area contributed by atoms with Gasteiger partial charge in [0.15, 0.2) is 40.4 Å². The van der Waals surface area contributed by atoms with Crippen LogP contribution in [-0.4, -0.2) is 19.9 Å². The van der Waals surface area contributed by atoms with E-state index in [1.54, 1.807) is 19.1 Å². The molecule has 2 aromatic heterocycles. The number of rotatable bonds is 3. The van der Waals surface area contributed by atoms with Gasteiger partial charge in [0, 0.05) is 0 Å². The quantitative estimate of drug-likeness (QED) is 0.251. The maximum absolute atomic E-state index is 10.2. The predicted molar refractivity (Wildman–Crippen MR) is 151 cm³/mol. The van der Waals surface area contributed by atoms with E-state index in [1.807, 2.05) is 12.1 Å². The molecule has 16 nitrogen and oxygen atoms in total. The molecule has 4 heterocycles. The van der Waals surface area contributed by atoms with Gasteiger partial charge in [0.05, 0.1) is 52.8 Å². The summed E-state index contributed by atoms with van der Waals surface area (Å²) in [6, 6.07) is 13.6. The number of nitriles is 4. The molecule has 2 aromatic carbocycles. The topological polar surface area (TPSA) is 222 Å². The minimum absolute atomic E-state index is 0.0532. The van der Waals surface area contributed by atoms with Gasteiger partial charge in [0.2, 0.25) is 5.82 Å². The molecular formula is C30H7N15O. The minimum Gasteiger partial charge on any atom is -0.460 e. The molecule has 46 heavy (non-hydrogen) atoms. The smallest absolute Gasteiger partial charge is 0.383 e. The second kappa shape index (κ2) is 10.9. The highest BCUT2D eigenvalue weighted by molar-refractivity contribution is 5.80. The molecule has 0 atom stereocenters. The standard InChI is InChI=1S/C30H7N15O/c1-13-5-19-20(6-14(13)9-31)39-24(38-19)15(10-32)26-43-27(45-28(44-26)30-42-23(12-34)29(37-4)46-30)16(11-33)25-40-21-7-17(35-2)18(36-3)8-22(21)41-25/h5-8H,1H3/b24-15-. The van der Waals surface area contributed by atoms with Gasteiger partial charge in [0.1, 0.15) is 29.4 Å². The zero-order valence-electron chi connectivity index (χ0n) is 22.9. The summed E-state index contributed by atoms with van der Waals surface area (Å²) in [5, 5.41) is 40.4. The van der Waals surface area contributed by atoms with Gasteiger partial charge in [-0.3, -0.25) is 9.69 Å². The molecule has 2 aliphatic rings. The lowest BCUT2D eigenvalue weighted by Crippen LogP contribution is -2.22. The van der Waals surface area contributed by atoms with Crippen LogP contribution in [0.4, 0.5) is 17.3 Å². The van der Waals surface area contributed by atoms with Crippen molar-refractivity contribution in [2.24, 2.45) is 20.0 Å². The monoisotopic (exact) mass is 593 g/mol. The molecule has 208 valence electrons. The number of fused-ring (bicyclic) bond motifs is 2. The van der Waals surface area contributed by atoms with Gasteiger partial charge in [0.25, 0.3) is 5.89 Å². The van der Waals surface area contributed by atoms with Crippen molar-refractivity contribution in [1.29, 1.82) is 21.0 Å². The van der Waals surface area contributed by atoms with Gasteiger partial charge in [-0.05, 0) is 36.8 Å². The summed E-state index contributed by atoms with van der Waals surface area (Å²) in [5.74, 6) is -2.03. The molecule has 0 spiro atoms. The first-order valence-corrected chi connectivity index (χ1v) is 12.5. The number of hydrogen-bond donors (Lipinski definition) is 0. The zero-order chi connectivity index (χ0) is 32.5. The first kappa shape index (κ1) is 27.9. The third-order valence-corrected chi connectivity index (χ3v) is 6.42. The molecule has 0 fully saturated rings. The molecular weight excluding hydrogens is 586 g/mol. The molecule has 0 amide bonds. The summed E-state index contributed by atoms with van der Waals surface area (Å²) in [4.78, 5) is 44.1. The highest BCUT2D eigenvalue weighted by Gasteiger charge is 2.25. The maximum atomic E-state index is 10.2. The number of allylic oxidation sites excluding steroid dienone is 2. The highest BCUT2D eigenvalue weighted by atomic mass is 16.4. The van der Waals surface area contributed by atoms with Crippen LogP contribution in [0.3, 0.4) is 0 Å². The Bertz CT molecular complexity index is 2650. The van der Waals surface area contributed by atoms with Crippen LogP contribution in [0.2, 0.25) is 0 Å². The van der Waals surface area contributed by atoms with Crippen LogP contribution in [0.15, 0.2) is 60.3 Å². The fourth-order valence-electron chi connectivity index (χ4n) is 4.28. The largest absolute Gasteiger partial charge is 0.460 e. The summed E-state index contributed by atoms with van der Waals surface area (Å²) in [7, 11) is 0. The Morgan fingerprint density at radius 3 is 1.63 bits per heavy atom. The van der Waals surface area contributed by atoms with E-state index in [2.05, 4.69) is 60.5 Å². The predicted octanol–water partition coefficient (Wildman–Crippen LogP) is 2.52. The Kier molecular flexibility index (Phi) is 6.60. The Morgan fingerprint density at radius 1 is 0.674 bits per heavy atom. The molecule has 0 radical (unpaired) electrons. The SMILES string of the molecule is [C-]#[N+]c1cc2c(cc1[N+]#[C-])=NC(=C(C#N)c1nc(/C(C#N)=C3/N=c4cc(C)c(C#N)cc4=N3)nc(-c3nc(C#N)c([N+]#[C-])o3)n1)N=2. The van der Waals surface area contributed by atoms with Crippen molar-refractivity contribution < 1.29 is 4.42 Å². The first-order valence-electron chi connectivity index (χ1n) is 12.5. The highest BCUT2D eigenvalue weighted by Crippen LogP contribution is 2.29. The van der Waals surface area contributed by atoms with E-state index in [0.717, 1.165) is 0 Å². The van der Waals surface area contributed by atoms with E-state index in [0.29, 0.717) is 21.8 Å². The van der Waals surface area contributed by atoms with Crippen molar-refractivity contribution in [2.45, 2.75) is 6.92 Å². The molecule has 0 saturated carbocycles. The Hall–Kier alpha value is -8.23. The lowest BCUT2D eigenvalue weighted by atomic mass is 10.1. The molecule has 0 saturated heterocycles. The van der Waals surface area contributed by atoms with Crippen molar-refractivity contribution in [3.05, 3.63) is 120 Å². The van der Waals surface area contributed by atoms with Crippen molar-refractivity contribution >= 4 is 28.4 Å². The van der Waals surface area contributed by atoms with Crippen LogP contribution >= 0.6 is 0 Å². The third kappa shape index (κ3) is 4.52. The zero-order valence-corrected chi connectivity index (χ0v) is 22.9. The van der Waals surface area contributed by atoms with E-state index in [1.165, 1.54) is 18.2 Å². The van der Waals surface area contributed by atoms with Gasteiger partial charge in [-0.25, -0.2) is 39.9 Å². The van der Waals surface area contributed by atoms with E-state index in [4.69, 9.17) is 24.1 Å². The second-order valence-electron chi connectivity index (χ2n) is 9.09. The van der Waals surface area contributed by atoms with Crippen LogP contribution < -0.4 is 21.4 Å². The molecule has 4 aromatic rings. The average Bonchev–Trinajstić information content (AvgIpc) is 3.80. The summed E-state index contributed by atoms with van der Waals surface area (Å²) in [6.07, 6.45) is 0. The fraction of sp³-hybridized carbons (Fsp3) is 0.0333. The normalized spacial score (nSPS) is 12.8. The molecule has 6 rings (SSSR count). The van der Waals surface area contributed by atoms with Gasteiger partial charge >= 0.3 is 5.88 Å². The van der Waals surface area contributed by atoms with Crippen molar-refractivity contribution in [3.63, 3.8) is 0 Å². The summed E-state index contributed by atoms with van der Waals surface area (Å²) in [5.41, 5.74) is 0.261. The van der Waals surface area contributed by atoms with Gasteiger partial charge < -0.3 is 4.42 Å². The van der Waals surface area contributed by atoms with Crippen molar-refractivity contribution in [2.75, 3.05) is 0 Å². The summed E-state index contributed by atoms with van der Waals surface area (Å²) in [6.45, 7) is 23.7. The van der Waals surface area contributed by atoms with Crippen LogP contribution in [0.1, 0.15) is 28.5 Å². The number of aromatic nitrogens is 4. The number of benzene rings is 2. The number of nitrogens with zero attached hydrogens (tertiary/aromatic N) is 15. The Morgan fingerprint density at radius 2 is 1.20 bits per heavy atom. The van der Waals surface area contributed by atoms with E-state index >= 15 is 0 Å². The Balaban J connectivity index is 1.62. The number of aryl methyl sites for hydroxylation is 1. The lowest BCUT2D eigenvalue weighted by Gasteiger charge is -2.05. The number of hydrogen-bond acceptors (Lipinski definition) is 13. The number of oxazole rings is 1. The molecule has 0 bridgehead atoms. The van der Waals surface area contributed by atoms with Crippen LogP contribution in [0.5, 0.6) is 0 Å². The summed E-state index contributed by atoms with van der Waals surface area (Å²) < 4.78 is 5.40. The van der Waals surface area contributed by atoms with E-state index in [9.17, 15) is 21.0 Å². The van der Waals surface area contributed by atoms with Crippen molar-refractivity contribution in [3.8, 4) is 36.0 Å². The van der Waals surface area contributed by atoms with Crippen molar-refractivity contribution in [1.82, 2.24) is 19.9 Å². The van der Waals surface area contributed by atoms with Crippen LogP contribution in [-0.2, 0) is 0 Å². The van der Waals surface area contributed by atoms with Crippen LogP contribution in [0.25, 0.3) is 37.4 Å². The molecule has 0 aliphatic carbocycles.